The van der Waals surface area contributed by atoms with Crippen molar-refractivity contribution in [2.45, 2.75) is 39.8 Å². The minimum absolute atomic E-state index is 0.0179. The Balaban J connectivity index is 1.24. The first-order chi connectivity index (χ1) is 17.0. The zero-order valence-electron chi connectivity index (χ0n) is 20.9. The number of rotatable bonds is 9. The summed E-state index contributed by atoms with van der Waals surface area (Å²) in [4.78, 5) is 19.5. The van der Waals surface area contributed by atoms with Crippen LogP contribution in [0.4, 0.5) is 0 Å². The van der Waals surface area contributed by atoms with E-state index in [1.54, 1.807) is 19.5 Å². The van der Waals surface area contributed by atoms with Crippen LogP contribution in [0.15, 0.2) is 60.9 Å². The van der Waals surface area contributed by atoms with Crippen LogP contribution >= 0.6 is 0 Å². The van der Waals surface area contributed by atoms with E-state index in [9.17, 15) is 4.79 Å². The fourth-order valence-corrected chi connectivity index (χ4v) is 4.62. The van der Waals surface area contributed by atoms with Gasteiger partial charge in [0.25, 0.3) is 5.91 Å². The molecule has 2 aromatic carbocycles. The van der Waals surface area contributed by atoms with Gasteiger partial charge in [-0.1, -0.05) is 18.2 Å². The summed E-state index contributed by atoms with van der Waals surface area (Å²) < 4.78 is 11.3. The number of nitrogens with one attached hydrogen (secondary N) is 1. The Morgan fingerprint density at radius 1 is 1.06 bits per heavy atom. The quantitative estimate of drug-likeness (QED) is 0.478. The molecule has 1 fully saturated rings. The molecule has 1 saturated heterocycles. The second kappa shape index (κ2) is 11.8. The van der Waals surface area contributed by atoms with E-state index in [1.165, 1.54) is 5.56 Å². The van der Waals surface area contributed by atoms with Crippen LogP contribution in [-0.4, -0.2) is 42.5 Å². The summed E-state index contributed by atoms with van der Waals surface area (Å²) in [5, 5.41) is 3.16. The van der Waals surface area contributed by atoms with E-state index < -0.39 is 0 Å². The van der Waals surface area contributed by atoms with Crippen molar-refractivity contribution in [3.63, 3.8) is 0 Å². The van der Waals surface area contributed by atoms with E-state index in [0.29, 0.717) is 24.6 Å². The van der Waals surface area contributed by atoms with Crippen molar-refractivity contribution >= 4 is 5.91 Å². The maximum atomic E-state index is 12.9. The molecule has 1 amide bonds. The summed E-state index contributed by atoms with van der Waals surface area (Å²) in [6.45, 7) is 8.20. The molecular weight excluding hydrogens is 438 g/mol. The standard InChI is InChI=1S/C29H35N3O3/c1-21-15-26(16-22(2)28(21)35-20-25-5-4-12-30-17-25)29(33)31-18-23-10-13-32(14-11-23)19-24-6-8-27(34-3)9-7-24/h4-9,12,15-17,23H,10-11,13-14,18-20H2,1-3H3,(H,31,33). The molecule has 1 aliphatic heterocycles. The smallest absolute Gasteiger partial charge is 0.251 e. The molecule has 0 bridgehead atoms. The van der Waals surface area contributed by atoms with E-state index in [1.807, 2.05) is 50.2 Å². The largest absolute Gasteiger partial charge is 0.497 e. The van der Waals surface area contributed by atoms with Gasteiger partial charge in [-0.05, 0) is 92.7 Å². The second-order valence-electron chi connectivity index (χ2n) is 9.37. The van der Waals surface area contributed by atoms with Crippen molar-refractivity contribution in [3.8, 4) is 11.5 Å². The maximum absolute atomic E-state index is 12.9. The van der Waals surface area contributed by atoms with Gasteiger partial charge in [0.1, 0.15) is 18.1 Å². The predicted molar refractivity (Wildman–Crippen MR) is 138 cm³/mol. The first-order valence-electron chi connectivity index (χ1n) is 12.3. The number of benzene rings is 2. The Morgan fingerprint density at radius 3 is 2.40 bits per heavy atom. The Bertz CT molecular complexity index is 1080. The summed E-state index contributed by atoms with van der Waals surface area (Å²) in [5.74, 6) is 2.21. The van der Waals surface area contributed by atoms with Crippen LogP contribution in [0, 0.1) is 19.8 Å². The third-order valence-corrected chi connectivity index (χ3v) is 6.65. The minimum atomic E-state index is -0.0179. The number of amides is 1. The Kier molecular flexibility index (Phi) is 8.37. The minimum Gasteiger partial charge on any atom is -0.497 e. The number of methoxy groups -OCH3 is 1. The number of hydrogen-bond acceptors (Lipinski definition) is 5. The van der Waals surface area contributed by atoms with Crippen LogP contribution in [0.1, 0.15) is 45.5 Å². The van der Waals surface area contributed by atoms with E-state index in [-0.39, 0.29) is 5.91 Å². The molecular formula is C29H35N3O3. The molecule has 0 spiro atoms. The number of aromatic nitrogens is 1. The molecule has 3 aromatic rings. The van der Waals surface area contributed by atoms with Crippen molar-refractivity contribution < 1.29 is 14.3 Å². The van der Waals surface area contributed by atoms with Crippen LogP contribution in [0.25, 0.3) is 0 Å². The summed E-state index contributed by atoms with van der Waals surface area (Å²) >= 11 is 0. The fourth-order valence-electron chi connectivity index (χ4n) is 4.62. The normalized spacial score (nSPS) is 14.5. The molecule has 1 aliphatic rings. The third-order valence-electron chi connectivity index (χ3n) is 6.65. The number of piperidine rings is 1. The molecule has 35 heavy (non-hydrogen) atoms. The molecule has 1 N–H and O–H groups in total. The monoisotopic (exact) mass is 473 g/mol. The van der Waals surface area contributed by atoms with Gasteiger partial charge in [0.05, 0.1) is 7.11 Å². The van der Waals surface area contributed by atoms with E-state index in [2.05, 4.69) is 27.3 Å². The number of carbonyl (C=O) groups excluding carboxylic acids is 1. The highest BCUT2D eigenvalue weighted by molar-refractivity contribution is 5.94. The number of carbonyl (C=O) groups is 1. The van der Waals surface area contributed by atoms with Crippen molar-refractivity contribution in [1.82, 2.24) is 15.2 Å². The molecule has 4 rings (SSSR count). The van der Waals surface area contributed by atoms with Crippen LogP contribution in [-0.2, 0) is 13.2 Å². The van der Waals surface area contributed by atoms with Gasteiger partial charge in [0.2, 0.25) is 0 Å². The fraction of sp³-hybridized carbons (Fsp3) is 0.379. The number of hydrogen-bond donors (Lipinski definition) is 1. The van der Waals surface area contributed by atoms with Gasteiger partial charge in [-0.15, -0.1) is 0 Å². The molecule has 6 nitrogen and oxygen atoms in total. The van der Waals surface area contributed by atoms with Crippen molar-refractivity contribution in [1.29, 1.82) is 0 Å². The Labute approximate surface area is 208 Å². The van der Waals surface area contributed by atoms with E-state index in [4.69, 9.17) is 9.47 Å². The van der Waals surface area contributed by atoms with Gasteiger partial charge in [-0.25, -0.2) is 0 Å². The lowest BCUT2D eigenvalue weighted by atomic mass is 9.96. The number of ether oxygens (including phenoxy) is 2. The summed E-state index contributed by atoms with van der Waals surface area (Å²) in [7, 11) is 1.69. The zero-order valence-corrected chi connectivity index (χ0v) is 20.9. The average molecular weight is 474 g/mol. The second-order valence-corrected chi connectivity index (χ2v) is 9.37. The number of likely N-dealkylation sites (tertiary alicyclic amines) is 1. The topological polar surface area (TPSA) is 63.7 Å². The SMILES string of the molecule is COc1ccc(CN2CCC(CNC(=O)c3cc(C)c(OCc4cccnc4)c(C)c3)CC2)cc1. The van der Waals surface area contributed by atoms with Crippen LogP contribution in [0.3, 0.4) is 0 Å². The van der Waals surface area contributed by atoms with Crippen molar-refractivity contribution in [2.75, 3.05) is 26.7 Å². The lowest BCUT2D eigenvalue weighted by Crippen LogP contribution is -2.38. The van der Waals surface area contributed by atoms with Crippen molar-refractivity contribution in [2.24, 2.45) is 5.92 Å². The summed E-state index contributed by atoms with van der Waals surface area (Å²) in [5.41, 5.74) is 4.93. The first kappa shape index (κ1) is 24.7. The zero-order chi connectivity index (χ0) is 24.6. The number of pyridine rings is 1. The van der Waals surface area contributed by atoms with E-state index >= 15 is 0 Å². The molecule has 0 atom stereocenters. The lowest BCUT2D eigenvalue weighted by Gasteiger charge is -2.32. The van der Waals surface area contributed by atoms with Gasteiger partial charge >= 0.3 is 0 Å². The van der Waals surface area contributed by atoms with Gasteiger partial charge in [0, 0.05) is 36.6 Å². The highest BCUT2D eigenvalue weighted by Gasteiger charge is 2.20. The maximum Gasteiger partial charge on any atom is 0.251 e. The Morgan fingerprint density at radius 2 is 1.77 bits per heavy atom. The van der Waals surface area contributed by atoms with Crippen LogP contribution < -0.4 is 14.8 Å². The van der Waals surface area contributed by atoms with Crippen LogP contribution in [0.5, 0.6) is 11.5 Å². The van der Waals surface area contributed by atoms with Gasteiger partial charge < -0.3 is 14.8 Å². The molecule has 1 aromatic heterocycles. The molecule has 0 radical (unpaired) electrons. The van der Waals surface area contributed by atoms with E-state index in [0.717, 1.165) is 60.7 Å². The Hall–Kier alpha value is -3.38. The third kappa shape index (κ3) is 6.83. The molecule has 6 heteroatoms. The average Bonchev–Trinajstić information content (AvgIpc) is 2.88. The van der Waals surface area contributed by atoms with Crippen LogP contribution in [0.2, 0.25) is 0 Å². The number of nitrogens with zero attached hydrogens (tertiary/aromatic N) is 2. The number of aryl methyl sites for hydroxylation is 2. The summed E-state index contributed by atoms with van der Waals surface area (Å²) in [6.07, 6.45) is 5.74. The van der Waals surface area contributed by atoms with Gasteiger partial charge in [-0.3, -0.25) is 14.7 Å². The summed E-state index contributed by atoms with van der Waals surface area (Å²) in [6, 6.07) is 16.0. The first-order valence-corrected chi connectivity index (χ1v) is 12.3. The molecule has 184 valence electrons. The van der Waals surface area contributed by atoms with Gasteiger partial charge in [-0.2, -0.15) is 0 Å². The highest BCUT2D eigenvalue weighted by Crippen LogP contribution is 2.26. The van der Waals surface area contributed by atoms with Crippen molar-refractivity contribution in [3.05, 3.63) is 88.7 Å². The molecule has 0 saturated carbocycles. The van der Waals surface area contributed by atoms with Gasteiger partial charge in [0.15, 0.2) is 0 Å². The lowest BCUT2D eigenvalue weighted by molar-refractivity contribution is 0.0935. The molecule has 0 aliphatic carbocycles. The molecule has 2 heterocycles. The predicted octanol–water partition coefficient (Wildman–Crippen LogP) is 4.93. The highest BCUT2D eigenvalue weighted by atomic mass is 16.5. The molecule has 0 unspecified atom stereocenters.